The fourth-order valence-electron chi connectivity index (χ4n) is 2.15. The quantitative estimate of drug-likeness (QED) is 0.898. The number of rotatable bonds is 4. The molecule has 0 fully saturated rings. The van der Waals surface area contributed by atoms with E-state index < -0.39 is 0 Å². The van der Waals surface area contributed by atoms with E-state index in [1.165, 1.54) is 0 Å². The minimum atomic E-state index is 0.497. The summed E-state index contributed by atoms with van der Waals surface area (Å²) in [5.74, 6) is 0.938. The molecule has 2 heterocycles. The van der Waals surface area contributed by atoms with Crippen molar-refractivity contribution in [2.45, 2.75) is 26.9 Å². The number of aromatic nitrogens is 1. The van der Waals surface area contributed by atoms with Gasteiger partial charge in [0, 0.05) is 36.2 Å². The van der Waals surface area contributed by atoms with E-state index in [1.807, 2.05) is 33.0 Å². The molecule has 0 radical (unpaired) electrons. The van der Waals surface area contributed by atoms with Gasteiger partial charge in [-0.1, -0.05) is 0 Å². The molecule has 2 rings (SSSR count). The SMILES string of the molecule is Cc1cc(N(C)Cc2ccco2)c(CN)c(C)n1. The molecule has 2 aromatic heterocycles. The lowest BCUT2D eigenvalue weighted by Crippen LogP contribution is -2.20. The molecule has 0 aliphatic rings. The Morgan fingerprint density at radius 3 is 2.78 bits per heavy atom. The van der Waals surface area contributed by atoms with Crippen LogP contribution in [0, 0.1) is 13.8 Å². The number of nitrogens with two attached hydrogens (primary N) is 1. The third-order valence-corrected chi connectivity index (χ3v) is 3.02. The molecule has 0 atom stereocenters. The van der Waals surface area contributed by atoms with Gasteiger partial charge in [0.05, 0.1) is 12.8 Å². The van der Waals surface area contributed by atoms with Gasteiger partial charge in [-0.3, -0.25) is 4.98 Å². The molecule has 4 heteroatoms. The lowest BCUT2D eigenvalue weighted by Gasteiger charge is -2.22. The van der Waals surface area contributed by atoms with E-state index in [0.29, 0.717) is 6.54 Å². The summed E-state index contributed by atoms with van der Waals surface area (Å²) in [6, 6.07) is 5.94. The van der Waals surface area contributed by atoms with Crippen molar-refractivity contribution in [1.29, 1.82) is 0 Å². The van der Waals surface area contributed by atoms with Crippen LogP contribution in [0.1, 0.15) is 22.7 Å². The van der Waals surface area contributed by atoms with Crippen LogP contribution in [0.4, 0.5) is 5.69 Å². The molecular formula is C14H19N3O. The molecule has 4 nitrogen and oxygen atoms in total. The summed E-state index contributed by atoms with van der Waals surface area (Å²) in [4.78, 5) is 6.60. The van der Waals surface area contributed by atoms with Gasteiger partial charge in [-0.25, -0.2) is 0 Å². The average molecular weight is 245 g/mol. The summed E-state index contributed by atoms with van der Waals surface area (Å²) >= 11 is 0. The molecule has 0 aliphatic carbocycles. The molecule has 0 spiro atoms. The van der Waals surface area contributed by atoms with E-state index in [4.69, 9.17) is 10.2 Å². The number of anilines is 1. The highest BCUT2D eigenvalue weighted by atomic mass is 16.3. The van der Waals surface area contributed by atoms with E-state index in [0.717, 1.165) is 34.9 Å². The summed E-state index contributed by atoms with van der Waals surface area (Å²) < 4.78 is 5.37. The van der Waals surface area contributed by atoms with Gasteiger partial charge >= 0.3 is 0 Å². The first-order valence-corrected chi connectivity index (χ1v) is 6.02. The van der Waals surface area contributed by atoms with Gasteiger partial charge in [-0.05, 0) is 32.0 Å². The van der Waals surface area contributed by atoms with Crippen molar-refractivity contribution in [1.82, 2.24) is 4.98 Å². The molecule has 18 heavy (non-hydrogen) atoms. The maximum Gasteiger partial charge on any atom is 0.123 e. The Labute approximate surface area is 107 Å². The molecule has 96 valence electrons. The van der Waals surface area contributed by atoms with E-state index in [-0.39, 0.29) is 0 Å². The van der Waals surface area contributed by atoms with Crippen molar-refractivity contribution >= 4 is 5.69 Å². The number of hydrogen-bond acceptors (Lipinski definition) is 4. The van der Waals surface area contributed by atoms with Crippen molar-refractivity contribution in [3.63, 3.8) is 0 Å². The molecule has 0 aliphatic heterocycles. The number of pyridine rings is 1. The first-order chi connectivity index (χ1) is 8.61. The van der Waals surface area contributed by atoms with Gasteiger partial charge in [0.1, 0.15) is 5.76 Å². The highest BCUT2D eigenvalue weighted by molar-refractivity contribution is 5.55. The van der Waals surface area contributed by atoms with Crippen molar-refractivity contribution in [3.05, 3.63) is 47.2 Å². The van der Waals surface area contributed by atoms with E-state index in [2.05, 4.69) is 16.0 Å². The van der Waals surface area contributed by atoms with E-state index in [1.54, 1.807) is 6.26 Å². The standard InChI is InChI=1S/C14H19N3O/c1-10-7-14(13(8-15)11(2)16-10)17(3)9-12-5-4-6-18-12/h4-7H,8-9,15H2,1-3H3. The van der Waals surface area contributed by atoms with Crippen molar-refractivity contribution in [2.75, 3.05) is 11.9 Å². The third kappa shape index (κ3) is 2.54. The zero-order valence-electron chi connectivity index (χ0n) is 11.1. The summed E-state index contributed by atoms with van der Waals surface area (Å²) in [5.41, 5.74) is 10.0. The Kier molecular flexibility index (Phi) is 3.67. The van der Waals surface area contributed by atoms with Crippen LogP contribution in [0.25, 0.3) is 0 Å². The predicted octanol–water partition coefficient (Wildman–Crippen LogP) is 2.39. The van der Waals surface area contributed by atoms with E-state index >= 15 is 0 Å². The van der Waals surface area contributed by atoms with Crippen molar-refractivity contribution in [2.24, 2.45) is 5.73 Å². The molecule has 0 unspecified atom stereocenters. The number of furan rings is 1. The molecular weight excluding hydrogens is 226 g/mol. The fourth-order valence-corrected chi connectivity index (χ4v) is 2.15. The molecule has 0 amide bonds. The minimum absolute atomic E-state index is 0.497. The Morgan fingerprint density at radius 2 is 2.17 bits per heavy atom. The van der Waals surface area contributed by atoms with Crippen LogP contribution in [0.2, 0.25) is 0 Å². The van der Waals surface area contributed by atoms with Crippen LogP contribution in [0.3, 0.4) is 0 Å². The third-order valence-electron chi connectivity index (χ3n) is 3.02. The van der Waals surface area contributed by atoms with Gasteiger partial charge in [0.25, 0.3) is 0 Å². The van der Waals surface area contributed by atoms with E-state index in [9.17, 15) is 0 Å². The lowest BCUT2D eigenvalue weighted by molar-refractivity contribution is 0.507. The Balaban J connectivity index is 2.31. The normalized spacial score (nSPS) is 10.7. The van der Waals surface area contributed by atoms with Crippen LogP contribution in [0.15, 0.2) is 28.9 Å². The maximum absolute atomic E-state index is 5.82. The number of aryl methyl sites for hydroxylation is 2. The summed E-state index contributed by atoms with van der Waals surface area (Å²) in [5, 5.41) is 0. The van der Waals surface area contributed by atoms with Crippen molar-refractivity contribution in [3.8, 4) is 0 Å². The molecule has 2 aromatic rings. The van der Waals surface area contributed by atoms with Gasteiger partial charge in [0.15, 0.2) is 0 Å². The van der Waals surface area contributed by atoms with Gasteiger partial charge < -0.3 is 15.1 Å². The van der Waals surface area contributed by atoms with Crippen LogP contribution in [-0.4, -0.2) is 12.0 Å². The molecule has 2 N–H and O–H groups in total. The molecule has 0 saturated carbocycles. The lowest BCUT2D eigenvalue weighted by atomic mass is 10.1. The molecule has 0 aromatic carbocycles. The number of hydrogen-bond donors (Lipinski definition) is 1. The van der Waals surface area contributed by atoms with Gasteiger partial charge in [-0.15, -0.1) is 0 Å². The minimum Gasteiger partial charge on any atom is -0.467 e. The zero-order valence-corrected chi connectivity index (χ0v) is 11.1. The predicted molar refractivity (Wildman–Crippen MR) is 72.4 cm³/mol. The first-order valence-electron chi connectivity index (χ1n) is 6.02. The Bertz CT molecular complexity index is 520. The number of nitrogens with zero attached hydrogens (tertiary/aromatic N) is 2. The Hall–Kier alpha value is -1.81. The van der Waals surface area contributed by atoms with Gasteiger partial charge in [-0.2, -0.15) is 0 Å². The Morgan fingerprint density at radius 1 is 1.39 bits per heavy atom. The zero-order chi connectivity index (χ0) is 13.1. The first kappa shape index (κ1) is 12.6. The van der Waals surface area contributed by atoms with Crippen LogP contribution in [0.5, 0.6) is 0 Å². The topological polar surface area (TPSA) is 55.3 Å². The smallest absolute Gasteiger partial charge is 0.123 e. The highest BCUT2D eigenvalue weighted by Crippen LogP contribution is 2.24. The second kappa shape index (κ2) is 5.23. The maximum atomic E-state index is 5.82. The summed E-state index contributed by atoms with van der Waals surface area (Å²) in [6.45, 7) is 5.22. The second-order valence-electron chi connectivity index (χ2n) is 4.49. The van der Waals surface area contributed by atoms with Crippen LogP contribution >= 0.6 is 0 Å². The van der Waals surface area contributed by atoms with Crippen molar-refractivity contribution < 1.29 is 4.42 Å². The summed E-state index contributed by atoms with van der Waals surface area (Å²) in [6.07, 6.45) is 1.69. The monoisotopic (exact) mass is 245 g/mol. The highest BCUT2D eigenvalue weighted by Gasteiger charge is 2.12. The summed E-state index contributed by atoms with van der Waals surface area (Å²) in [7, 11) is 2.04. The molecule has 0 bridgehead atoms. The van der Waals surface area contributed by atoms with Crippen LogP contribution < -0.4 is 10.6 Å². The van der Waals surface area contributed by atoms with Gasteiger partial charge in [0.2, 0.25) is 0 Å². The molecule has 0 saturated heterocycles. The second-order valence-corrected chi connectivity index (χ2v) is 4.49. The van der Waals surface area contributed by atoms with Crippen LogP contribution in [-0.2, 0) is 13.1 Å². The average Bonchev–Trinajstić information content (AvgIpc) is 2.80. The fraction of sp³-hybridized carbons (Fsp3) is 0.357. The largest absolute Gasteiger partial charge is 0.467 e.